The minimum absolute atomic E-state index is 0.0278. The molecule has 0 rings (SSSR count). The molecule has 0 spiro atoms. The average Bonchev–Trinajstić information content (AvgIpc) is 1.88. The maximum Gasteiger partial charge on any atom is 0.314 e. The van der Waals surface area contributed by atoms with Gasteiger partial charge in [-0.25, -0.2) is 0 Å². The zero-order valence-corrected chi connectivity index (χ0v) is 6.93. The Morgan fingerprint density at radius 1 is 1.09 bits per heavy atom. The molecule has 0 amide bonds. The Morgan fingerprint density at radius 2 is 1.36 bits per heavy atom. The molecule has 70 valence electrons. The van der Waals surface area contributed by atoms with Crippen LogP contribution < -0.4 is 0 Å². The Labute approximate surface area is 65.0 Å². The van der Waals surface area contributed by atoms with E-state index in [9.17, 15) is 0 Å². The molecule has 0 saturated carbocycles. The zero-order valence-electron chi connectivity index (χ0n) is 5.93. The highest BCUT2D eigenvalue weighted by molar-refractivity contribution is 7.30. The van der Waals surface area contributed by atoms with Crippen LogP contribution in [0.3, 0.4) is 0 Å². The molecule has 0 aliphatic rings. The van der Waals surface area contributed by atoms with Gasteiger partial charge in [0.15, 0.2) is 0 Å². The maximum absolute atomic E-state index is 8.74. The van der Waals surface area contributed by atoms with Gasteiger partial charge in [-0.05, 0) is 0 Å². The third kappa shape index (κ3) is 39.8. The molecule has 0 aromatic heterocycles. The van der Waals surface area contributed by atoms with Gasteiger partial charge in [-0.2, -0.15) is 0 Å². The summed E-state index contributed by atoms with van der Waals surface area (Å²) in [6, 6.07) is 0. The van der Waals surface area contributed by atoms with Crippen LogP contribution in [0.4, 0.5) is 0 Å². The molecule has 0 aliphatic heterocycles. The Balaban J connectivity index is 0. The van der Waals surface area contributed by atoms with Crippen LogP contribution in [0.15, 0.2) is 0 Å². The van der Waals surface area contributed by atoms with Crippen LogP contribution in [0.1, 0.15) is 0 Å². The van der Waals surface area contributed by atoms with E-state index < -0.39 is 8.25 Å². The van der Waals surface area contributed by atoms with E-state index in [0.717, 1.165) is 0 Å². The highest BCUT2D eigenvalue weighted by Crippen LogP contribution is 1.98. The first-order chi connectivity index (χ1) is 5.15. The summed E-state index contributed by atoms with van der Waals surface area (Å²) in [4.78, 5) is 14.3. The number of rotatable bonds is 4. The fourth-order valence-corrected chi connectivity index (χ4v) is 0.231. The standard InChI is InChI=1S/C4H10O3.H3O3P/c5-1-3-7-4-2-6;1-4(2)3/h5-6H,1-4H2;4H,(H2,1,2,3). The summed E-state index contributed by atoms with van der Waals surface area (Å²) in [6.07, 6.45) is 0. The maximum atomic E-state index is 8.74. The lowest BCUT2D eigenvalue weighted by Gasteiger charge is -1.94. The number of hydrogen-bond acceptors (Lipinski definition) is 4. The highest BCUT2D eigenvalue weighted by atomic mass is 31.1. The van der Waals surface area contributed by atoms with Crippen molar-refractivity contribution < 1.29 is 29.3 Å². The second kappa shape index (κ2) is 12.7. The SMILES string of the molecule is O=[PH](O)O.OCCOCCO. The fraction of sp³-hybridized carbons (Fsp3) is 1.00. The average molecular weight is 188 g/mol. The monoisotopic (exact) mass is 188 g/mol. The van der Waals surface area contributed by atoms with Gasteiger partial charge in [-0.1, -0.05) is 0 Å². The number of aliphatic hydroxyl groups excluding tert-OH is 2. The summed E-state index contributed by atoms with van der Waals surface area (Å²) in [7, 11) is -3.13. The molecule has 0 atom stereocenters. The fourth-order valence-electron chi connectivity index (χ4n) is 0.231. The van der Waals surface area contributed by atoms with Gasteiger partial charge in [0.2, 0.25) is 0 Å². The van der Waals surface area contributed by atoms with Gasteiger partial charge in [0.05, 0.1) is 26.4 Å². The second-order valence-corrected chi connectivity index (χ2v) is 1.91. The normalized spacial score (nSPS) is 9.18. The van der Waals surface area contributed by atoms with Crippen LogP contribution in [-0.2, 0) is 9.30 Å². The Hall–Kier alpha value is 0.0300. The van der Waals surface area contributed by atoms with Crippen molar-refractivity contribution >= 4 is 8.25 Å². The van der Waals surface area contributed by atoms with E-state index in [1.54, 1.807) is 0 Å². The number of hydrogen-bond donors (Lipinski definition) is 4. The summed E-state index contributed by atoms with van der Waals surface area (Å²) in [5, 5.41) is 16.2. The van der Waals surface area contributed by atoms with Crippen LogP contribution >= 0.6 is 8.25 Å². The van der Waals surface area contributed by atoms with E-state index in [4.69, 9.17) is 24.6 Å². The highest BCUT2D eigenvalue weighted by Gasteiger charge is 1.79. The van der Waals surface area contributed by atoms with Crippen molar-refractivity contribution in [1.29, 1.82) is 0 Å². The molecule has 4 N–H and O–H groups in total. The molecule has 6 nitrogen and oxygen atoms in total. The van der Waals surface area contributed by atoms with Crippen molar-refractivity contribution in [3.8, 4) is 0 Å². The smallest absolute Gasteiger partial charge is 0.314 e. The van der Waals surface area contributed by atoms with Crippen molar-refractivity contribution in [2.75, 3.05) is 26.4 Å². The summed E-state index contributed by atoms with van der Waals surface area (Å²) in [6.45, 7) is 0.696. The molecule has 0 unspecified atom stereocenters. The molecule has 0 heterocycles. The van der Waals surface area contributed by atoms with Crippen LogP contribution in [0.5, 0.6) is 0 Å². The molecular weight excluding hydrogens is 175 g/mol. The first kappa shape index (κ1) is 13.6. The van der Waals surface area contributed by atoms with E-state index in [2.05, 4.69) is 4.74 Å². The molecule has 0 saturated heterocycles. The van der Waals surface area contributed by atoms with E-state index in [1.165, 1.54) is 0 Å². The predicted octanol–water partition coefficient (Wildman–Crippen LogP) is -1.65. The quantitative estimate of drug-likeness (QED) is 0.311. The lowest BCUT2D eigenvalue weighted by Crippen LogP contribution is -2.03. The third-order valence-corrected chi connectivity index (χ3v) is 0.471. The van der Waals surface area contributed by atoms with Crippen molar-refractivity contribution in [1.82, 2.24) is 0 Å². The topological polar surface area (TPSA) is 107 Å². The van der Waals surface area contributed by atoms with Gasteiger partial charge in [0.25, 0.3) is 0 Å². The lowest BCUT2D eigenvalue weighted by molar-refractivity contribution is 0.0650. The molecular formula is C4H13O6P. The Kier molecular flexibility index (Phi) is 15.7. The van der Waals surface area contributed by atoms with Crippen LogP contribution in [0, 0.1) is 0 Å². The zero-order chi connectivity index (χ0) is 9.11. The minimum Gasteiger partial charge on any atom is -0.394 e. The van der Waals surface area contributed by atoms with Gasteiger partial charge >= 0.3 is 8.25 Å². The Morgan fingerprint density at radius 3 is 1.55 bits per heavy atom. The van der Waals surface area contributed by atoms with Crippen molar-refractivity contribution in [3.63, 3.8) is 0 Å². The third-order valence-electron chi connectivity index (χ3n) is 0.471. The molecule has 0 bridgehead atoms. The van der Waals surface area contributed by atoms with E-state index in [-0.39, 0.29) is 13.2 Å². The number of aliphatic hydroxyl groups is 2. The second-order valence-electron chi connectivity index (χ2n) is 1.34. The minimum atomic E-state index is -3.13. The van der Waals surface area contributed by atoms with Gasteiger partial charge < -0.3 is 24.7 Å². The van der Waals surface area contributed by atoms with Gasteiger partial charge in [-0.15, -0.1) is 0 Å². The van der Waals surface area contributed by atoms with E-state index in [1.807, 2.05) is 0 Å². The van der Waals surface area contributed by atoms with Gasteiger partial charge in [0.1, 0.15) is 0 Å². The molecule has 0 fully saturated rings. The van der Waals surface area contributed by atoms with Crippen molar-refractivity contribution in [3.05, 3.63) is 0 Å². The summed E-state index contributed by atoms with van der Waals surface area (Å²) < 4.78 is 13.4. The molecule has 11 heavy (non-hydrogen) atoms. The number of ether oxygens (including phenoxy) is 1. The molecule has 0 aliphatic carbocycles. The summed E-state index contributed by atoms with van der Waals surface area (Å²) in [5.74, 6) is 0. The van der Waals surface area contributed by atoms with Gasteiger partial charge in [-0.3, -0.25) is 4.57 Å². The molecule has 0 aromatic carbocycles. The molecule has 0 radical (unpaired) electrons. The van der Waals surface area contributed by atoms with Crippen molar-refractivity contribution in [2.45, 2.75) is 0 Å². The lowest BCUT2D eigenvalue weighted by atomic mass is 10.7. The van der Waals surface area contributed by atoms with Crippen LogP contribution in [0.25, 0.3) is 0 Å². The Bertz CT molecular complexity index is 78.7. The summed E-state index contributed by atoms with van der Waals surface area (Å²) >= 11 is 0. The first-order valence-electron chi connectivity index (χ1n) is 2.86. The molecule has 0 aromatic rings. The predicted molar refractivity (Wildman–Crippen MR) is 38.4 cm³/mol. The largest absolute Gasteiger partial charge is 0.394 e. The van der Waals surface area contributed by atoms with Crippen LogP contribution in [0.2, 0.25) is 0 Å². The van der Waals surface area contributed by atoms with Crippen LogP contribution in [-0.4, -0.2) is 46.4 Å². The van der Waals surface area contributed by atoms with E-state index in [0.29, 0.717) is 13.2 Å². The van der Waals surface area contributed by atoms with E-state index >= 15 is 0 Å². The van der Waals surface area contributed by atoms with Crippen molar-refractivity contribution in [2.24, 2.45) is 0 Å². The summed E-state index contributed by atoms with van der Waals surface area (Å²) in [5.41, 5.74) is 0. The molecule has 7 heteroatoms. The van der Waals surface area contributed by atoms with Gasteiger partial charge in [0, 0.05) is 0 Å². The first-order valence-corrected chi connectivity index (χ1v) is 4.16.